The Labute approximate surface area is 145 Å². The van der Waals surface area contributed by atoms with Gasteiger partial charge in [-0.3, -0.25) is 4.79 Å². The Morgan fingerprint density at radius 2 is 1.83 bits per heavy atom. The lowest BCUT2D eigenvalue weighted by atomic mass is 10.00. The molecule has 1 aromatic carbocycles. The molecule has 1 saturated heterocycles. The van der Waals surface area contributed by atoms with Crippen LogP contribution in [-0.2, 0) is 11.2 Å². The zero-order chi connectivity index (χ0) is 16.8. The highest BCUT2D eigenvalue weighted by molar-refractivity contribution is 5.90. The van der Waals surface area contributed by atoms with E-state index in [9.17, 15) is 4.79 Å². The van der Waals surface area contributed by atoms with Crippen molar-refractivity contribution >= 4 is 11.6 Å². The highest BCUT2D eigenvalue weighted by Crippen LogP contribution is 2.27. The number of nitrogens with zero attached hydrogens (tertiary/aromatic N) is 1. The van der Waals surface area contributed by atoms with Crippen molar-refractivity contribution < 1.29 is 4.79 Å². The van der Waals surface area contributed by atoms with Crippen molar-refractivity contribution in [2.75, 3.05) is 25.0 Å². The molecule has 0 unspecified atom stereocenters. The van der Waals surface area contributed by atoms with E-state index in [0.29, 0.717) is 12.3 Å². The first-order valence-electron chi connectivity index (χ1n) is 9.57. The second-order valence-corrected chi connectivity index (χ2v) is 7.46. The maximum atomic E-state index is 12.2. The minimum Gasteiger partial charge on any atom is -0.327 e. The Hall–Kier alpha value is -1.39. The second kappa shape index (κ2) is 8.63. The molecule has 3 N–H and O–H groups in total. The van der Waals surface area contributed by atoms with Crippen LogP contribution in [0.3, 0.4) is 0 Å². The quantitative estimate of drug-likeness (QED) is 0.843. The molecule has 2 atom stereocenters. The summed E-state index contributed by atoms with van der Waals surface area (Å²) in [4.78, 5) is 14.7. The van der Waals surface area contributed by atoms with Crippen LogP contribution in [0.4, 0.5) is 5.69 Å². The SMILES string of the molecule is N[C@@H]1CCC[C@H]1CC(=O)Nc1ccc(CCN2CCCCC2)cc1. The molecule has 0 aromatic heterocycles. The van der Waals surface area contributed by atoms with Gasteiger partial charge in [-0.25, -0.2) is 0 Å². The maximum Gasteiger partial charge on any atom is 0.224 e. The minimum absolute atomic E-state index is 0.0958. The van der Waals surface area contributed by atoms with E-state index in [1.165, 1.54) is 37.9 Å². The number of carbonyl (C=O) groups excluding carboxylic acids is 1. The Kier molecular flexibility index (Phi) is 6.27. The molecule has 2 aliphatic rings. The van der Waals surface area contributed by atoms with E-state index in [1.54, 1.807) is 0 Å². The fraction of sp³-hybridized carbons (Fsp3) is 0.650. The third-order valence-electron chi connectivity index (χ3n) is 5.57. The molecule has 24 heavy (non-hydrogen) atoms. The summed E-state index contributed by atoms with van der Waals surface area (Å²) in [7, 11) is 0. The maximum absolute atomic E-state index is 12.2. The van der Waals surface area contributed by atoms with Crippen molar-refractivity contribution in [3.63, 3.8) is 0 Å². The number of hydrogen-bond acceptors (Lipinski definition) is 3. The number of rotatable bonds is 6. The molecule has 0 spiro atoms. The van der Waals surface area contributed by atoms with Gasteiger partial charge in [0.05, 0.1) is 0 Å². The molecular formula is C20H31N3O. The summed E-state index contributed by atoms with van der Waals surface area (Å²) in [6.45, 7) is 3.64. The van der Waals surface area contributed by atoms with Crippen molar-refractivity contribution in [1.82, 2.24) is 4.90 Å². The van der Waals surface area contributed by atoms with E-state index in [4.69, 9.17) is 5.73 Å². The fourth-order valence-corrected chi connectivity index (χ4v) is 3.99. The number of anilines is 1. The largest absolute Gasteiger partial charge is 0.327 e. The Morgan fingerprint density at radius 3 is 2.50 bits per heavy atom. The van der Waals surface area contributed by atoms with Gasteiger partial charge in [0.2, 0.25) is 5.91 Å². The Balaban J connectivity index is 1.42. The van der Waals surface area contributed by atoms with Crippen LogP contribution in [0.25, 0.3) is 0 Å². The lowest BCUT2D eigenvalue weighted by Gasteiger charge is -2.26. The second-order valence-electron chi connectivity index (χ2n) is 7.46. The molecule has 1 aromatic rings. The third kappa shape index (κ3) is 5.05. The summed E-state index contributed by atoms with van der Waals surface area (Å²) in [6.07, 6.45) is 9.02. The Bertz CT molecular complexity index is 522. The van der Waals surface area contributed by atoms with E-state index in [0.717, 1.165) is 37.9 Å². The van der Waals surface area contributed by atoms with Crippen LogP contribution < -0.4 is 11.1 Å². The molecule has 1 saturated carbocycles. The molecule has 1 aliphatic carbocycles. The zero-order valence-corrected chi connectivity index (χ0v) is 14.7. The third-order valence-corrected chi connectivity index (χ3v) is 5.57. The average Bonchev–Trinajstić information content (AvgIpc) is 3.00. The van der Waals surface area contributed by atoms with Gasteiger partial charge in [0.15, 0.2) is 0 Å². The monoisotopic (exact) mass is 329 g/mol. The summed E-state index contributed by atoms with van der Waals surface area (Å²) in [5.41, 5.74) is 8.29. The van der Waals surface area contributed by atoms with Crippen LogP contribution in [-0.4, -0.2) is 36.5 Å². The number of hydrogen-bond donors (Lipinski definition) is 2. The van der Waals surface area contributed by atoms with Crippen LogP contribution in [0.2, 0.25) is 0 Å². The summed E-state index contributed by atoms with van der Waals surface area (Å²) < 4.78 is 0. The van der Waals surface area contributed by atoms with Crippen LogP contribution in [0.5, 0.6) is 0 Å². The van der Waals surface area contributed by atoms with Crippen LogP contribution in [0.15, 0.2) is 24.3 Å². The van der Waals surface area contributed by atoms with E-state index in [2.05, 4.69) is 22.3 Å². The molecule has 0 radical (unpaired) electrons. The Morgan fingerprint density at radius 1 is 1.08 bits per heavy atom. The number of carbonyl (C=O) groups is 1. The first kappa shape index (κ1) is 17.4. The summed E-state index contributed by atoms with van der Waals surface area (Å²) in [5.74, 6) is 0.451. The van der Waals surface area contributed by atoms with Gasteiger partial charge in [0.1, 0.15) is 0 Å². The molecule has 3 rings (SSSR count). The number of nitrogens with one attached hydrogen (secondary N) is 1. The highest BCUT2D eigenvalue weighted by Gasteiger charge is 2.25. The number of amides is 1. The summed E-state index contributed by atoms with van der Waals surface area (Å²) in [5, 5.41) is 3.02. The van der Waals surface area contributed by atoms with Gasteiger partial charge < -0.3 is 16.0 Å². The van der Waals surface area contributed by atoms with Gasteiger partial charge in [0, 0.05) is 24.7 Å². The van der Waals surface area contributed by atoms with Crippen molar-refractivity contribution in [3.05, 3.63) is 29.8 Å². The van der Waals surface area contributed by atoms with Crippen molar-refractivity contribution in [2.45, 2.75) is 57.4 Å². The van der Waals surface area contributed by atoms with Gasteiger partial charge in [-0.15, -0.1) is 0 Å². The standard InChI is InChI=1S/C20H31N3O/c21-19-6-4-5-17(19)15-20(24)22-18-9-7-16(8-10-18)11-14-23-12-2-1-3-13-23/h7-10,17,19H,1-6,11-15,21H2,(H,22,24)/t17-,19+/m0/s1. The van der Waals surface area contributed by atoms with Crippen molar-refractivity contribution in [1.29, 1.82) is 0 Å². The van der Waals surface area contributed by atoms with Gasteiger partial charge in [-0.1, -0.05) is 25.0 Å². The minimum atomic E-state index is 0.0958. The first-order chi connectivity index (χ1) is 11.7. The molecule has 1 amide bonds. The van der Waals surface area contributed by atoms with Gasteiger partial charge in [-0.2, -0.15) is 0 Å². The molecule has 0 bridgehead atoms. The number of likely N-dealkylation sites (tertiary alicyclic amines) is 1. The smallest absolute Gasteiger partial charge is 0.224 e. The fourth-order valence-electron chi connectivity index (χ4n) is 3.99. The van der Waals surface area contributed by atoms with Gasteiger partial charge in [-0.05, 0) is 68.8 Å². The molecule has 1 aliphatic heterocycles. The molecule has 4 heteroatoms. The molecular weight excluding hydrogens is 298 g/mol. The number of nitrogens with two attached hydrogens (primary N) is 1. The lowest BCUT2D eigenvalue weighted by Crippen LogP contribution is -2.31. The first-order valence-corrected chi connectivity index (χ1v) is 9.57. The number of piperidine rings is 1. The summed E-state index contributed by atoms with van der Waals surface area (Å²) >= 11 is 0. The lowest BCUT2D eigenvalue weighted by molar-refractivity contribution is -0.117. The van der Waals surface area contributed by atoms with E-state index >= 15 is 0 Å². The molecule has 1 heterocycles. The normalized spacial score (nSPS) is 24.9. The van der Waals surface area contributed by atoms with Crippen LogP contribution in [0, 0.1) is 5.92 Å². The van der Waals surface area contributed by atoms with Gasteiger partial charge in [0.25, 0.3) is 0 Å². The average molecular weight is 329 g/mol. The van der Waals surface area contributed by atoms with Crippen molar-refractivity contribution in [2.24, 2.45) is 11.7 Å². The summed E-state index contributed by atoms with van der Waals surface area (Å²) in [6, 6.07) is 8.53. The topological polar surface area (TPSA) is 58.4 Å². The molecule has 132 valence electrons. The highest BCUT2D eigenvalue weighted by atomic mass is 16.1. The van der Waals surface area contributed by atoms with E-state index < -0.39 is 0 Å². The predicted molar refractivity (Wildman–Crippen MR) is 99.0 cm³/mol. The molecule has 4 nitrogen and oxygen atoms in total. The van der Waals surface area contributed by atoms with E-state index in [-0.39, 0.29) is 11.9 Å². The van der Waals surface area contributed by atoms with Gasteiger partial charge >= 0.3 is 0 Å². The van der Waals surface area contributed by atoms with Crippen molar-refractivity contribution in [3.8, 4) is 0 Å². The molecule has 2 fully saturated rings. The zero-order valence-electron chi connectivity index (χ0n) is 14.7. The van der Waals surface area contributed by atoms with Crippen LogP contribution in [0.1, 0.15) is 50.5 Å². The van der Waals surface area contributed by atoms with E-state index in [1.807, 2.05) is 12.1 Å². The predicted octanol–water partition coefficient (Wildman–Crippen LogP) is 3.17. The van der Waals surface area contributed by atoms with Crippen LogP contribution >= 0.6 is 0 Å². The number of benzene rings is 1.